The van der Waals surface area contributed by atoms with Crippen LogP contribution in [-0.2, 0) is 24.2 Å². The number of carbonyl (C=O) groups excluding carboxylic acids is 2. The quantitative estimate of drug-likeness (QED) is 0.653. The Morgan fingerprint density at radius 1 is 1.03 bits per heavy atom. The number of benzene rings is 1. The third-order valence-electron chi connectivity index (χ3n) is 7.41. The number of thiazole rings is 1. The van der Waals surface area contributed by atoms with Crippen molar-refractivity contribution in [3.05, 3.63) is 46.5 Å². The Morgan fingerprint density at radius 3 is 2.56 bits per heavy atom. The zero-order valence-electron chi connectivity index (χ0n) is 19.8. The van der Waals surface area contributed by atoms with Crippen LogP contribution < -0.4 is 10.6 Å². The van der Waals surface area contributed by atoms with Crippen molar-refractivity contribution in [1.29, 1.82) is 0 Å². The summed E-state index contributed by atoms with van der Waals surface area (Å²) in [6.07, 6.45) is 8.61. The molecule has 34 heavy (non-hydrogen) atoms. The van der Waals surface area contributed by atoms with Gasteiger partial charge in [0.1, 0.15) is 0 Å². The van der Waals surface area contributed by atoms with E-state index in [1.807, 2.05) is 4.90 Å². The van der Waals surface area contributed by atoms with Gasteiger partial charge in [0.25, 0.3) is 0 Å². The van der Waals surface area contributed by atoms with Gasteiger partial charge in [-0.15, -0.1) is 11.3 Å². The van der Waals surface area contributed by atoms with E-state index in [1.54, 1.807) is 0 Å². The van der Waals surface area contributed by atoms with Crippen molar-refractivity contribution in [2.24, 2.45) is 5.92 Å². The highest BCUT2D eigenvalue weighted by Gasteiger charge is 2.27. The van der Waals surface area contributed by atoms with Crippen molar-refractivity contribution in [2.75, 3.05) is 31.5 Å². The maximum Gasteiger partial charge on any atom is 0.321 e. The number of amides is 3. The lowest BCUT2D eigenvalue weighted by Gasteiger charge is -2.34. The number of hydrogen-bond acceptors (Lipinski definition) is 5. The average molecular weight is 482 g/mol. The minimum absolute atomic E-state index is 0.152. The Bertz CT molecular complexity index is 980. The summed E-state index contributed by atoms with van der Waals surface area (Å²) in [6, 6.07) is 10.8. The zero-order chi connectivity index (χ0) is 23.3. The van der Waals surface area contributed by atoms with Gasteiger partial charge in [-0.3, -0.25) is 15.0 Å². The van der Waals surface area contributed by atoms with Crippen LogP contribution in [-0.4, -0.2) is 58.9 Å². The van der Waals surface area contributed by atoms with Crippen LogP contribution in [0.2, 0.25) is 0 Å². The first-order valence-electron chi connectivity index (χ1n) is 12.7. The molecule has 3 aliphatic rings. The second-order valence-electron chi connectivity index (χ2n) is 9.94. The number of hydrogen-bond donors (Lipinski definition) is 2. The summed E-state index contributed by atoms with van der Waals surface area (Å²) in [5.41, 5.74) is 2.46. The molecule has 7 nitrogen and oxygen atoms in total. The molecule has 0 atom stereocenters. The number of carbonyl (C=O) groups is 2. The first-order chi connectivity index (χ1) is 16.6. The summed E-state index contributed by atoms with van der Waals surface area (Å²) in [7, 11) is 0. The number of nitrogens with one attached hydrogen (secondary N) is 2. The van der Waals surface area contributed by atoms with Crippen molar-refractivity contribution in [3.63, 3.8) is 0 Å². The van der Waals surface area contributed by atoms with Crippen molar-refractivity contribution in [3.8, 4) is 0 Å². The fourth-order valence-electron chi connectivity index (χ4n) is 5.45. The highest BCUT2D eigenvalue weighted by atomic mass is 32.1. The predicted molar refractivity (Wildman–Crippen MR) is 135 cm³/mol. The van der Waals surface area contributed by atoms with E-state index >= 15 is 0 Å². The number of aromatic nitrogens is 1. The molecule has 1 saturated carbocycles. The summed E-state index contributed by atoms with van der Waals surface area (Å²) in [5, 5.41) is 6.63. The molecule has 182 valence electrons. The number of rotatable bonds is 6. The Balaban J connectivity index is 1.07. The fraction of sp³-hybridized carbons (Fsp3) is 0.577. The molecular formula is C26H35N5O2S. The molecule has 1 aromatic carbocycles. The SMILES string of the molecule is O=C(Nc1nc2c(s1)CN(CC(=O)N1CCC(Cc3ccccc3)CC1)CC2)NC1CCCC1. The van der Waals surface area contributed by atoms with Crippen LogP contribution in [0, 0.1) is 5.92 Å². The molecule has 3 heterocycles. The summed E-state index contributed by atoms with van der Waals surface area (Å²) >= 11 is 1.54. The molecule has 1 aliphatic carbocycles. The van der Waals surface area contributed by atoms with E-state index in [9.17, 15) is 9.59 Å². The molecule has 2 aliphatic heterocycles. The van der Waals surface area contributed by atoms with Crippen LogP contribution in [0.1, 0.15) is 54.7 Å². The van der Waals surface area contributed by atoms with Crippen LogP contribution in [0.3, 0.4) is 0 Å². The normalized spacial score (nSPS) is 19.7. The van der Waals surface area contributed by atoms with Gasteiger partial charge in [-0.05, 0) is 43.6 Å². The van der Waals surface area contributed by atoms with Gasteiger partial charge in [-0.1, -0.05) is 43.2 Å². The van der Waals surface area contributed by atoms with E-state index in [0.29, 0.717) is 23.6 Å². The number of urea groups is 1. The van der Waals surface area contributed by atoms with E-state index in [1.165, 1.54) is 29.7 Å². The van der Waals surface area contributed by atoms with Gasteiger partial charge >= 0.3 is 6.03 Å². The Kier molecular flexibility index (Phi) is 7.45. The lowest BCUT2D eigenvalue weighted by Crippen LogP contribution is -2.45. The molecule has 2 N–H and O–H groups in total. The third kappa shape index (κ3) is 5.96. The minimum Gasteiger partial charge on any atom is -0.342 e. The standard InChI is InChI=1S/C26H35N5O2S/c32-24(31-14-10-20(11-15-31)16-19-6-2-1-3-7-19)18-30-13-12-22-23(17-30)34-26(28-22)29-25(33)27-21-8-4-5-9-21/h1-3,6-7,20-21H,4-5,8-18H2,(H2,27,28,29,33). The summed E-state index contributed by atoms with van der Waals surface area (Å²) < 4.78 is 0. The molecule has 2 aromatic rings. The molecule has 0 unspecified atom stereocenters. The van der Waals surface area contributed by atoms with Crippen molar-refractivity contribution in [2.45, 2.75) is 64.0 Å². The highest BCUT2D eigenvalue weighted by Crippen LogP contribution is 2.29. The van der Waals surface area contributed by atoms with Crippen molar-refractivity contribution < 1.29 is 9.59 Å². The lowest BCUT2D eigenvalue weighted by atomic mass is 9.90. The predicted octanol–water partition coefficient (Wildman–Crippen LogP) is 4.05. The molecule has 8 heteroatoms. The van der Waals surface area contributed by atoms with Crippen molar-refractivity contribution >= 4 is 28.4 Å². The third-order valence-corrected chi connectivity index (χ3v) is 8.41. The Hall–Kier alpha value is -2.45. The van der Waals surface area contributed by atoms with Gasteiger partial charge in [0, 0.05) is 43.5 Å². The van der Waals surface area contributed by atoms with Gasteiger partial charge in [-0.2, -0.15) is 0 Å². The van der Waals surface area contributed by atoms with E-state index < -0.39 is 0 Å². The summed E-state index contributed by atoms with van der Waals surface area (Å²) in [5.74, 6) is 0.901. The number of anilines is 1. The molecule has 1 saturated heterocycles. The van der Waals surface area contributed by atoms with Gasteiger partial charge in [0.15, 0.2) is 5.13 Å². The molecule has 0 spiro atoms. The van der Waals surface area contributed by atoms with Gasteiger partial charge in [0.05, 0.1) is 12.2 Å². The first-order valence-corrected chi connectivity index (χ1v) is 13.5. The summed E-state index contributed by atoms with van der Waals surface area (Å²) in [6.45, 7) is 3.75. The molecule has 1 aromatic heterocycles. The Labute approximate surface area is 205 Å². The first kappa shape index (κ1) is 23.3. The zero-order valence-corrected chi connectivity index (χ0v) is 20.6. The van der Waals surface area contributed by atoms with E-state index in [0.717, 1.165) is 75.3 Å². The lowest BCUT2D eigenvalue weighted by molar-refractivity contribution is -0.134. The van der Waals surface area contributed by atoms with E-state index in [4.69, 9.17) is 0 Å². The maximum atomic E-state index is 13.0. The summed E-state index contributed by atoms with van der Waals surface area (Å²) in [4.78, 5) is 35.3. The van der Waals surface area contributed by atoms with Crippen molar-refractivity contribution in [1.82, 2.24) is 20.1 Å². The largest absolute Gasteiger partial charge is 0.342 e. The van der Waals surface area contributed by atoms with Gasteiger partial charge in [0.2, 0.25) is 5.91 Å². The van der Waals surface area contributed by atoms with Gasteiger partial charge < -0.3 is 10.2 Å². The second-order valence-corrected chi connectivity index (χ2v) is 11.0. The second kappa shape index (κ2) is 10.9. The number of piperidine rings is 1. The molecule has 5 rings (SSSR count). The van der Waals surface area contributed by atoms with E-state index in [2.05, 4.69) is 50.8 Å². The topological polar surface area (TPSA) is 77.6 Å². The number of likely N-dealkylation sites (tertiary alicyclic amines) is 1. The average Bonchev–Trinajstić information content (AvgIpc) is 3.49. The van der Waals surface area contributed by atoms with Gasteiger partial charge in [-0.25, -0.2) is 9.78 Å². The van der Waals surface area contributed by atoms with E-state index in [-0.39, 0.29) is 11.9 Å². The number of fused-ring (bicyclic) bond motifs is 1. The monoisotopic (exact) mass is 481 g/mol. The molecular weight excluding hydrogens is 446 g/mol. The number of nitrogens with zero attached hydrogens (tertiary/aromatic N) is 3. The van der Waals surface area contributed by atoms with Crippen LogP contribution in [0.4, 0.5) is 9.93 Å². The molecule has 0 bridgehead atoms. The van der Waals surface area contributed by atoms with Crippen LogP contribution >= 0.6 is 11.3 Å². The van der Waals surface area contributed by atoms with Crippen LogP contribution in [0.15, 0.2) is 30.3 Å². The maximum absolute atomic E-state index is 13.0. The van der Waals surface area contributed by atoms with Crippen LogP contribution in [0.25, 0.3) is 0 Å². The fourth-order valence-corrected chi connectivity index (χ4v) is 6.50. The van der Waals surface area contributed by atoms with Crippen LogP contribution in [0.5, 0.6) is 0 Å². The molecule has 3 amide bonds. The Morgan fingerprint density at radius 2 is 1.79 bits per heavy atom. The highest BCUT2D eigenvalue weighted by molar-refractivity contribution is 7.15. The minimum atomic E-state index is -0.152. The smallest absolute Gasteiger partial charge is 0.321 e. The molecule has 0 radical (unpaired) electrons. The molecule has 2 fully saturated rings.